The monoisotopic (exact) mass is 127 g/mol. The van der Waals surface area contributed by atoms with Gasteiger partial charge < -0.3 is 5.32 Å². The molecule has 2 heteroatoms. The van der Waals surface area contributed by atoms with Gasteiger partial charge in [0, 0.05) is 12.0 Å². The minimum absolute atomic E-state index is 0.757. The second-order valence-electron chi connectivity index (χ2n) is 2.72. The Balaban J connectivity index is 2.22. The lowest BCUT2D eigenvalue weighted by Gasteiger charge is -2.11. The molecule has 8 heavy (non-hydrogen) atoms. The Labute approximate surface area is 54.5 Å². The summed E-state index contributed by atoms with van der Waals surface area (Å²) in [4.78, 5) is 1.13. The molecule has 0 spiro atoms. The summed E-state index contributed by atoms with van der Waals surface area (Å²) in [6, 6.07) is 0.757. The molecule has 2 bridgehead atoms. The molecule has 44 valence electrons. The fourth-order valence-electron chi connectivity index (χ4n) is 1.67. The Morgan fingerprint density at radius 1 is 1.50 bits per heavy atom. The van der Waals surface area contributed by atoms with Gasteiger partial charge in [-0.3, -0.25) is 0 Å². The Morgan fingerprint density at radius 2 is 2.38 bits per heavy atom. The van der Waals surface area contributed by atoms with E-state index in [4.69, 9.17) is 12.2 Å². The Hall–Kier alpha value is -0.110. The van der Waals surface area contributed by atoms with Crippen molar-refractivity contribution in [2.24, 2.45) is 5.92 Å². The average molecular weight is 127 g/mol. The highest BCUT2D eigenvalue weighted by atomic mass is 32.1. The summed E-state index contributed by atoms with van der Waals surface area (Å²) >= 11 is 5.06. The normalized spacial score (nSPS) is 42.8. The maximum atomic E-state index is 5.06. The molecular weight excluding hydrogens is 118 g/mol. The van der Waals surface area contributed by atoms with E-state index < -0.39 is 0 Å². The van der Waals surface area contributed by atoms with Gasteiger partial charge in [-0.05, 0) is 19.3 Å². The second-order valence-corrected chi connectivity index (χ2v) is 3.16. The van der Waals surface area contributed by atoms with Gasteiger partial charge in [-0.25, -0.2) is 0 Å². The summed E-state index contributed by atoms with van der Waals surface area (Å²) in [5, 5.41) is 3.28. The van der Waals surface area contributed by atoms with Gasteiger partial charge in [0.05, 0.1) is 4.99 Å². The first-order valence-electron chi connectivity index (χ1n) is 3.16. The lowest BCUT2D eigenvalue weighted by atomic mass is 10.1. The molecule has 1 aliphatic heterocycles. The van der Waals surface area contributed by atoms with E-state index in [9.17, 15) is 0 Å². The molecule has 0 aromatic carbocycles. The van der Waals surface area contributed by atoms with Crippen LogP contribution in [0.15, 0.2) is 0 Å². The van der Waals surface area contributed by atoms with Gasteiger partial charge in [0.1, 0.15) is 0 Å². The minimum atomic E-state index is 0.757. The number of thiocarbonyl (C=S) groups is 1. The van der Waals surface area contributed by atoms with Crippen LogP contribution in [-0.4, -0.2) is 11.0 Å². The SMILES string of the molecule is S=C1NC2CCC1C2. The van der Waals surface area contributed by atoms with Crippen molar-refractivity contribution in [2.45, 2.75) is 25.3 Å². The van der Waals surface area contributed by atoms with Crippen LogP contribution in [0.1, 0.15) is 19.3 Å². The lowest BCUT2D eigenvalue weighted by molar-refractivity contribution is 0.648. The van der Waals surface area contributed by atoms with Crippen LogP contribution < -0.4 is 5.32 Å². The summed E-state index contributed by atoms with van der Waals surface area (Å²) in [5.41, 5.74) is 0. The summed E-state index contributed by atoms with van der Waals surface area (Å²) < 4.78 is 0. The third-order valence-corrected chi connectivity index (χ3v) is 2.60. The zero-order valence-corrected chi connectivity index (χ0v) is 5.50. The molecule has 1 heterocycles. The number of fused-ring (bicyclic) bond motifs is 2. The average Bonchev–Trinajstić information content (AvgIpc) is 2.23. The molecule has 1 N–H and O–H groups in total. The Morgan fingerprint density at radius 3 is 2.62 bits per heavy atom. The van der Waals surface area contributed by atoms with Gasteiger partial charge in [0.15, 0.2) is 0 Å². The van der Waals surface area contributed by atoms with Crippen molar-refractivity contribution < 1.29 is 0 Å². The predicted molar refractivity (Wildman–Crippen MR) is 36.9 cm³/mol. The van der Waals surface area contributed by atoms with Crippen molar-refractivity contribution in [2.75, 3.05) is 0 Å². The minimum Gasteiger partial charge on any atom is -0.377 e. The van der Waals surface area contributed by atoms with Gasteiger partial charge in [0.25, 0.3) is 0 Å². The Bertz CT molecular complexity index is 132. The number of hydrogen-bond acceptors (Lipinski definition) is 1. The number of piperidine rings is 1. The quantitative estimate of drug-likeness (QED) is 0.489. The molecule has 2 unspecified atom stereocenters. The molecule has 0 aromatic heterocycles. The maximum Gasteiger partial charge on any atom is 0.0787 e. The Kier molecular flexibility index (Phi) is 0.852. The van der Waals surface area contributed by atoms with Crippen LogP contribution in [0.25, 0.3) is 0 Å². The first-order chi connectivity index (χ1) is 3.86. The van der Waals surface area contributed by atoms with Crippen LogP contribution >= 0.6 is 12.2 Å². The third kappa shape index (κ3) is 0.494. The van der Waals surface area contributed by atoms with E-state index in [0.29, 0.717) is 0 Å². The van der Waals surface area contributed by atoms with E-state index in [0.717, 1.165) is 16.9 Å². The molecule has 2 atom stereocenters. The highest BCUT2D eigenvalue weighted by Crippen LogP contribution is 2.31. The highest BCUT2D eigenvalue weighted by molar-refractivity contribution is 7.80. The van der Waals surface area contributed by atoms with Crippen molar-refractivity contribution in [1.29, 1.82) is 0 Å². The molecule has 0 amide bonds. The van der Waals surface area contributed by atoms with E-state index in [1.165, 1.54) is 19.3 Å². The van der Waals surface area contributed by atoms with Crippen LogP contribution in [0.5, 0.6) is 0 Å². The summed E-state index contributed by atoms with van der Waals surface area (Å²) in [7, 11) is 0. The van der Waals surface area contributed by atoms with E-state index in [1.54, 1.807) is 0 Å². The molecule has 1 nitrogen and oxygen atoms in total. The maximum absolute atomic E-state index is 5.06. The first-order valence-corrected chi connectivity index (χ1v) is 3.57. The molecule has 1 saturated carbocycles. The molecule has 2 fully saturated rings. The number of nitrogens with one attached hydrogen (secondary N) is 1. The standard InChI is InChI=1S/C6H9NS/c8-6-4-1-2-5(3-4)7-6/h4-5H,1-3H2,(H,7,8). The van der Waals surface area contributed by atoms with Gasteiger partial charge in [-0.2, -0.15) is 0 Å². The topological polar surface area (TPSA) is 12.0 Å². The number of rotatable bonds is 0. The smallest absolute Gasteiger partial charge is 0.0787 e. The fourth-order valence-corrected chi connectivity index (χ4v) is 2.05. The van der Waals surface area contributed by atoms with Crippen molar-refractivity contribution in [3.8, 4) is 0 Å². The van der Waals surface area contributed by atoms with Gasteiger partial charge in [-0.15, -0.1) is 0 Å². The lowest BCUT2D eigenvalue weighted by Crippen LogP contribution is -2.28. The van der Waals surface area contributed by atoms with Crippen molar-refractivity contribution >= 4 is 17.2 Å². The largest absolute Gasteiger partial charge is 0.377 e. The van der Waals surface area contributed by atoms with Crippen molar-refractivity contribution in [1.82, 2.24) is 5.32 Å². The zero-order valence-electron chi connectivity index (χ0n) is 4.68. The van der Waals surface area contributed by atoms with Crippen LogP contribution in [0.4, 0.5) is 0 Å². The fraction of sp³-hybridized carbons (Fsp3) is 0.833. The summed E-state index contributed by atoms with van der Waals surface area (Å²) in [6.45, 7) is 0. The van der Waals surface area contributed by atoms with E-state index in [1.807, 2.05) is 0 Å². The summed E-state index contributed by atoms with van der Waals surface area (Å²) in [5.74, 6) is 0.759. The molecular formula is C6H9NS. The van der Waals surface area contributed by atoms with Gasteiger partial charge in [0.2, 0.25) is 0 Å². The molecule has 1 saturated heterocycles. The van der Waals surface area contributed by atoms with Crippen molar-refractivity contribution in [3.63, 3.8) is 0 Å². The predicted octanol–water partition coefficient (Wildman–Crippen LogP) is 1.09. The summed E-state index contributed by atoms with van der Waals surface area (Å²) in [6.07, 6.45) is 4.01. The van der Waals surface area contributed by atoms with Crippen LogP contribution in [-0.2, 0) is 0 Å². The second kappa shape index (κ2) is 1.44. The third-order valence-electron chi connectivity index (χ3n) is 2.15. The molecule has 0 radical (unpaired) electrons. The zero-order chi connectivity index (χ0) is 5.56. The van der Waals surface area contributed by atoms with Gasteiger partial charge in [-0.1, -0.05) is 12.2 Å². The number of hydrogen-bond donors (Lipinski definition) is 1. The van der Waals surface area contributed by atoms with E-state index >= 15 is 0 Å². The molecule has 1 aliphatic carbocycles. The molecule has 2 rings (SSSR count). The molecule has 0 aromatic rings. The van der Waals surface area contributed by atoms with E-state index in [2.05, 4.69) is 5.32 Å². The van der Waals surface area contributed by atoms with Crippen molar-refractivity contribution in [3.05, 3.63) is 0 Å². The highest BCUT2D eigenvalue weighted by Gasteiger charge is 2.34. The first kappa shape index (κ1) is 4.74. The van der Waals surface area contributed by atoms with Crippen LogP contribution in [0.3, 0.4) is 0 Å². The van der Waals surface area contributed by atoms with Gasteiger partial charge >= 0.3 is 0 Å². The molecule has 2 aliphatic rings. The van der Waals surface area contributed by atoms with E-state index in [-0.39, 0.29) is 0 Å². The van der Waals surface area contributed by atoms with Crippen LogP contribution in [0, 0.1) is 5.92 Å². The van der Waals surface area contributed by atoms with Crippen LogP contribution in [0.2, 0.25) is 0 Å².